The molecule has 7 heteroatoms. The lowest BCUT2D eigenvalue weighted by Crippen LogP contribution is -2.20. The summed E-state index contributed by atoms with van der Waals surface area (Å²) in [5, 5.41) is 0. The SMILES string of the molecule is CCN(c1ccccc1)c1ccc2c(c1)C(c1ccc(OC)c(OC)c1)Oc1cccc(OC(F)F)c1-2. The van der Waals surface area contributed by atoms with Crippen LogP contribution in [0.1, 0.15) is 24.2 Å². The molecule has 0 saturated carbocycles. The summed E-state index contributed by atoms with van der Waals surface area (Å²) < 4.78 is 48.8. The van der Waals surface area contributed by atoms with Gasteiger partial charge in [0.1, 0.15) is 17.6 Å². The first-order valence-electron chi connectivity index (χ1n) is 12.0. The van der Waals surface area contributed by atoms with Crippen LogP contribution in [0.25, 0.3) is 11.1 Å². The second-order valence-corrected chi connectivity index (χ2v) is 8.47. The van der Waals surface area contributed by atoms with Crippen LogP contribution in [-0.2, 0) is 0 Å². The summed E-state index contributed by atoms with van der Waals surface area (Å²) in [6, 6.07) is 26.6. The van der Waals surface area contributed by atoms with Crippen LogP contribution in [0, 0.1) is 0 Å². The van der Waals surface area contributed by atoms with E-state index in [2.05, 4.69) is 30.0 Å². The maximum absolute atomic E-state index is 13.3. The Bertz CT molecular complexity index is 1390. The third-order valence-corrected chi connectivity index (χ3v) is 6.44. The van der Waals surface area contributed by atoms with Gasteiger partial charge in [0.15, 0.2) is 11.5 Å². The molecule has 0 amide bonds. The summed E-state index contributed by atoms with van der Waals surface area (Å²) >= 11 is 0. The largest absolute Gasteiger partial charge is 0.493 e. The first kappa shape index (κ1) is 24.4. The van der Waals surface area contributed by atoms with E-state index in [1.54, 1.807) is 26.4 Å². The number of hydrogen-bond acceptors (Lipinski definition) is 5. The molecule has 4 aromatic carbocycles. The molecule has 37 heavy (non-hydrogen) atoms. The van der Waals surface area contributed by atoms with Crippen molar-refractivity contribution in [2.45, 2.75) is 19.6 Å². The summed E-state index contributed by atoms with van der Waals surface area (Å²) in [5.74, 6) is 1.71. The minimum atomic E-state index is -2.95. The summed E-state index contributed by atoms with van der Waals surface area (Å²) in [4.78, 5) is 2.18. The summed E-state index contributed by atoms with van der Waals surface area (Å²) in [5.41, 5.74) is 4.94. The lowest BCUT2D eigenvalue weighted by molar-refractivity contribution is -0.0496. The number of halogens is 2. The van der Waals surface area contributed by atoms with Gasteiger partial charge in [-0.1, -0.05) is 36.4 Å². The summed E-state index contributed by atoms with van der Waals surface area (Å²) in [6.45, 7) is -0.133. The summed E-state index contributed by atoms with van der Waals surface area (Å²) in [6.07, 6.45) is -0.515. The van der Waals surface area contributed by atoms with Crippen molar-refractivity contribution in [3.05, 3.63) is 96.1 Å². The zero-order valence-electron chi connectivity index (χ0n) is 20.8. The number of hydrogen-bond donors (Lipinski definition) is 0. The predicted octanol–water partition coefficient (Wildman–Crippen LogP) is 7.61. The van der Waals surface area contributed by atoms with E-state index in [0.717, 1.165) is 34.6 Å². The molecule has 5 rings (SSSR count). The van der Waals surface area contributed by atoms with Crippen molar-refractivity contribution < 1.29 is 27.7 Å². The zero-order chi connectivity index (χ0) is 25.9. The van der Waals surface area contributed by atoms with Gasteiger partial charge in [0, 0.05) is 29.0 Å². The van der Waals surface area contributed by atoms with Gasteiger partial charge in [-0.25, -0.2) is 0 Å². The third kappa shape index (κ3) is 4.65. The minimum absolute atomic E-state index is 0.0719. The zero-order valence-corrected chi connectivity index (χ0v) is 20.8. The number of fused-ring (bicyclic) bond motifs is 3. The summed E-state index contributed by atoms with van der Waals surface area (Å²) in [7, 11) is 3.16. The lowest BCUT2D eigenvalue weighted by Gasteiger charge is -2.32. The number of alkyl halides is 2. The van der Waals surface area contributed by atoms with Crippen molar-refractivity contribution in [2.75, 3.05) is 25.7 Å². The topological polar surface area (TPSA) is 40.2 Å². The van der Waals surface area contributed by atoms with Crippen molar-refractivity contribution in [1.82, 2.24) is 0 Å². The van der Waals surface area contributed by atoms with Gasteiger partial charge >= 0.3 is 6.61 Å². The van der Waals surface area contributed by atoms with Gasteiger partial charge in [0.05, 0.1) is 19.8 Å². The highest BCUT2D eigenvalue weighted by Gasteiger charge is 2.31. The normalized spacial score (nSPS) is 13.8. The van der Waals surface area contributed by atoms with Crippen LogP contribution < -0.4 is 23.8 Å². The quantitative estimate of drug-likeness (QED) is 0.247. The van der Waals surface area contributed by atoms with E-state index in [-0.39, 0.29) is 5.75 Å². The van der Waals surface area contributed by atoms with Gasteiger partial charge in [-0.15, -0.1) is 0 Å². The molecule has 1 aliphatic heterocycles. The molecule has 0 radical (unpaired) electrons. The van der Waals surface area contributed by atoms with E-state index in [1.807, 2.05) is 48.5 Å². The van der Waals surface area contributed by atoms with Crippen molar-refractivity contribution in [1.29, 1.82) is 0 Å². The highest BCUT2D eigenvalue weighted by molar-refractivity contribution is 5.84. The number of ether oxygens (including phenoxy) is 4. The van der Waals surface area contributed by atoms with E-state index in [0.29, 0.717) is 22.8 Å². The Balaban J connectivity index is 1.69. The molecule has 4 aromatic rings. The minimum Gasteiger partial charge on any atom is -0.493 e. The van der Waals surface area contributed by atoms with Crippen LogP contribution in [-0.4, -0.2) is 27.4 Å². The fourth-order valence-corrected chi connectivity index (χ4v) is 4.81. The number of para-hydroxylation sites is 1. The van der Waals surface area contributed by atoms with Crippen molar-refractivity contribution >= 4 is 11.4 Å². The molecule has 1 aliphatic rings. The fourth-order valence-electron chi connectivity index (χ4n) is 4.81. The molecule has 0 bridgehead atoms. The van der Waals surface area contributed by atoms with Gasteiger partial charge in [0.2, 0.25) is 0 Å². The van der Waals surface area contributed by atoms with Crippen LogP contribution in [0.4, 0.5) is 20.2 Å². The van der Waals surface area contributed by atoms with Crippen LogP contribution in [0.15, 0.2) is 84.9 Å². The monoisotopic (exact) mass is 503 g/mol. The first-order valence-corrected chi connectivity index (χ1v) is 12.0. The van der Waals surface area contributed by atoms with E-state index in [9.17, 15) is 8.78 Å². The fraction of sp³-hybridized carbons (Fsp3) is 0.200. The Morgan fingerprint density at radius 1 is 0.811 bits per heavy atom. The molecule has 1 atom stereocenters. The van der Waals surface area contributed by atoms with Gasteiger partial charge < -0.3 is 23.8 Å². The van der Waals surface area contributed by atoms with Crippen LogP contribution in [0.2, 0.25) is 0 Å². The molecule has 0 saturated heterocycles. The number of methoxy groups -OCH3 is 2. The predicted molar refractivity (Wildman–Crippen MR) is 140 cm³/mol. The molecule has 5 nitrogen and oxygen atoms in total. The van der Waals surface area contributed by atoms with E-state index < -0.39 is 12.7 Å². The van der Waals surface area contributed by atoms with Gasteiger partial charge in [-0.2, -0.15) is 8.78 Å². The Labute approximate surface area is 214 Å². The molecule has 0 aliphatic carbocycles. The van der Waals surface area contributed by atoms with E-state index >= 15 is 0 Å². The van der Waals surface area contributed by atoms with Crippen LogP contribution >= 0.6 is 0 Å². The Morgan fingerprint density at radius 3 is 2.30 bits per heavy atom. The molecule has 0 spiro atoms. The molecular formula is C30H27F2NO4. The highest BCUT2D eigenvalue weighted by Crippen LogP contribution is 2.51. The number of anilines is 2. The van der Waals surface area contributed by atoms with Gasteiger partial charge in [-0.05, 0) is 61.0 Å². The third-order valence-electron chi connectivity index (χ3n) is 6.44. The van der Waals surface area contributed by atoms with Crippen molar-refractivity contribution in [3.8, 4) is 34.1 Å². The Morgan fingerprint density at radius 2 is 1.59 bits per heavy atom. The molecule has 1 heterocycles. The van der Waals surface area contributed by atoms with Crippen molar-refractivity contribution in [2.24, 2.45) is 0 Å². The Kier molecular flexibility index (Phi) is 6.86. The van der Waals surface area contributed by atoms with E-state index in [4.69, 9.17) is 18.9 Å². The average Bonchev–Trinajstić information content (AvgIpc) is 2.93. The smallest absolute Gasteiger partial charge is 0.387 e. The number of benzene rings is 4. The van der Waals surface area contributed by atoms with E-state index in [1.165, 1.54) is 6.07 Å². The van der Waals surface area contributed by atoms with Crippen molar-refractivity contribution in [3.63, 3.8) is 0 Å². The molecule has 1 unspecified atom stereocenters. The molecule has 0 N–H and O–H groups in total. The van der Waals surface area contributed by atoms with Crippen LogP contribution in [0.3, 0.4) is 0 Å². The average molecular weight is 504 g/mol. The van der Waals surface area contributed by atoms with Gasteiger partial charge in [0.25, 0.3) is 0 Å². The second-order valence-electron chi connectivity index (χ2n) is 8.47. The maximum Gasteiger partial charge on any atom is 0.387 e. The first-order chi connectivity index (χ1) is 18.0. The molecule has 0 fully saturated rings. The Hall–Kier alpha value is -4.26. The molecule has 0 aromatic heterocycles. The van der Waals surface area contributed by atoms with Crippen LogP contribution in [0.5, 0.6) is 23.0 Å². The number of rotatable bonds is 8. The number of nitrogens with zero attached hydrogens (tertiary/aromatic N) is 1. The highest BCUT2D eigenvalue weighted by atomic mass is 19.3. The molecule has 190 valence electrons. The standard InChI is InChI=1S/C30H27F2NO4/c1-4-33(20-9-6-5-7-10-20)21-14-15-22-23(18-21)29(19-13-16-24(34-2)27(17-19)35-3)36-25-11-8-12-26(28(22)25)37-30(31)32/h5-18,29-30H,4H2,1-3H3. The molecular weight excluding hydrogens is 476 g/mol. The van der Waals surface area contributed by atoms with Gasteiger partial charge in [-0.3, -0.25) is 0 Å². The maximum atomic E-state index is 13.3. The second kappa shape index (κ2) is 10.4. The lowest BCUT2D eigenvalue weighted by atomic mass is 9.88.